The number of methoxy groups -OCH3 is 1. The molecule has 0 radical (unpaired) electrons. The van der Waals surface area contributed by atoms with E-state index in [0.717, 1.165) is 0 Å². The predicted octanol–water partition coefficient (Wildman–Crippen LogP) is 3.12. The number of benzene rings is 2. The molecule has 0 aliphatic carbocycles. The number of rotatable bonds is 6. The molecule has 29 heavy (non-hydrogen) atoms. The van der Waals surface area contributed by atoms with Crippen molar-refractivity contribution in [2.45, 2.75) is 20.3 Å². The summed E-state index contributed by atoms with van der Waals surface area (Å²) in [5, 5.41) is 9.42. The van der Waals surface area contributed by atoms with Crippen LogP contribution in [0.3, 0.4) is 0 Å². The molecule has 0 unspecified atom stereocenters. The summed E-state index contributed by atoms with van der Waals surface area (Å²) < 4.78 is 5.05. The molecule has 3 N–H and O–H groups in total. The molecule has 0 saturated carbocycles. The zero-order valence-electron chi connectivity index (χ0n) is 16.2. The number of ether oxygens (including phenoxy) is 1. The van der Waals surface area contributed by atoms with Crippen LogP contribution < -0.4 is 20.8 Å². The Morgan fingerprint density at radius 1 is 1.03 bits per heavy atom. The van der Waals surface area contributed by atoms with E-state index in [2.05, 4.69) is 21.2 Å². The number of anilines is 2. The maximum atomic E-state index is 12.0. The lowest BCUT2D eigenvalue weighted by Crippen LogP contribution is -2.33. The fourth-order valence-electron chi connectivity index (χ4n) is 2.27. The van der Waals surface area contributed by atoms with Crippen molar-refractivity contribution in [3.63, 3.8) is 0 Å². The Morgan fingerprint density at radius 3 is 2.38 bits per heavy atom. The Balaban J connectivity index is 1.85. The molecular formula is C20H21ClN4O4. The molecule has 0 bridgehead atoms. The minimum atomic E-state index is -0.959. The molecule has 2 rings (SSSR count). The Morgan fingerprint density at radius 2 is 1.72 bits per heavy atom. The largest absolute Gasteiger partial charge is 0.497 e. The van der Waals surface area contributed by atoms with Gasteiger partial charge in [-0.15, -0.1) is 0 Å². The Bertz CT molecular complexity index is 942. The first kappa shape index (κ1) is 21.9. The maximum absolute atomic E-state index is 12.0. The monoisotopic (exact) mass is 416 g/mol. The molecule has 0 fully saturated rings. The van der Waals surface area contributed by atoms with Gasteiger partial charge in [0.1, 0.15) is 5.75 Å². The average molecular weight is 417 g/mol. The van der Waals surface area contributed by atoms with Gasteiger partial charge in [0.15, 0.2) is 0 Å². The summed E-state index contributed by atoms with van der Waals surface area (Å²) in [7, 11) is 1.55. The fraction of sp³-hybridized carbons (Fsp3) is 0.200. The SMILES string of the molecule is COc1ccc(NC(=O)CC(C)=NNC(=O)C(=O)Nc2cccc(Cl)c2C)cc1. The molecule has 0 atom stereocenters. The lowest BCUT2D eigenvalue weighted by molar-refractivity contribution is -0.136. The lowest BCUT2D eigenvalue weighted by atomic mass is 10.2. The molecule has 9 heteroatoms. The van der Waals surface area contributed by atoms with Gasteiger partial charge in [0.2, 0.25) is 5.91 Å². The van der Waals surface area contributed by atoms with Crippen LogP contribution in [0.5, 0.6) is 5.75 Å². The highest BCUT2D eigenvalue weighted by Crippen LogP contribution is 2.22. The number of hydrogen-bond acceptors (Lipinski definition) is 5. The van der Waals surface area contributed by atoms with Crippen LogP contribution in [0.25, 0.3) is 0 Å². The molecule has 2 aromatic rings. The van der Waals surface area contributed by atoms with Crippen LogP contribution in [0.4, 0.5) is 11.4 Å². The molecule has 2 aromatic carbocycles. The van der Waals surface area contributed by atoms with Gasteiger partial charge in [0, 0.05) is 22.1 Å². The van der Waals surface area contributed by atoms with Gasteiger partial charge < -0.3 is 15.4 Å². The Hall–Kier alpha value is -3.39. The van der Waals surface area contributed by atoms with Crippen LogP contribution in [-0.2, 0) is 14.4 Å². The molecule has 0 saturated heterocycles. The van der Waals surface area contributed by atoms with E-state index in [0.29, 0.717) is 33.4 Å². The third kappa shape index (κ3) is 6.62. The standard InChI is InChI=1S/C20H21ClN4O4/c1-12(11-18(26)22-14-7-9-15(29-3)10-8-14)24-25-20(28)19(27)23-17-6-4-5-16(21)13(17)2/h4-10H,11H2,1-3H3,(H,22,26)(H,23,27)(H,25,28). The zero-order valence-corrected chi connectivity index (χ0v) is 17.0. The van der Waals surface area contributed by atoms with E-state index in [-0.39, 0.29) is 12.3 Å². The smallest absolute Gasteiger partial charge is 0.329 e. The third-order valence-corrected chi connectivity index (χ3v) is 4.27. The van der Waals surface area contributed by atoms with Crippen molar-refractivity contribution in [3.8, 4) is 5.75 Å². The van der Waals surface area contributed by atoms with Crippen molar-refractivity contribution in [2.24, 2.45) is 5.10 Å². The normalized spacial score (nSPS) is 10.8. The number of carbonyl (C=O) groups excluding carboxylic acids is 3. The van der Waals surface area contributed by atoms with Crippen molar-refractivity contribution in [2.75, 3.05) is 17.7 Å². The number of hydrogen-bond donors (Lipinski definition) is 3. The molecule has 0 heterocycles. The molecule has 0 aliphatic rings. The summed E-state index contributed by atoms with van der Waals surface area (Å²) in [5.74, 6) is -1.49. The quantitative estimate of drug-likeness (QED) is 0.382. The van der Waals surface area contributed by atoms with Crippen LogP contribution in [-0.4, -0.2) is 30.5 Å². The predicted molar refractivity (Wildman–Crippen MR) is 112 cm³/mol. The van der Waals surface area contributed by atoms with E-state index >= 15 is 0 Å². The van der Waals surface area contributed by atoms with Crippen LogP contribution in [0.1, 0.15) is 18.9 Å². The van der Waals surface area contributed by atoms with E-state index in [1.54, 1.807) is 63.4 Å². The highest BCUT2D eigenvalue weighted by atomic mass is 35.5. The van der Waals surface area contributed by atoms with Gasteiger partial charge in [-0.3, -0.25) is 14.4 Å². The topological polar surface area (TPSA) is 109 Å². The minimum Gasteiger partial charge on any atom is -0.497 e. The molecule has 152 valence electrons. The molecule has 0 aromatic heterocycles. The van der Waals surface area contributed by atoms with Crippen LogP contribution in [0.2, 0.25) is 5.02 Å². The second-order valence-corrected chi connectivity index (χ2v) is 6.52. The number of halogens is 1. The number of amides is 3. The van der Waals surface area contributed by atoms with E-state index in [1.807, 2.05) is 0 Å². The summed E-state index contributed by atoms with van der Waals surface area (Å²) in [4.78, 5) is 35.9. The van der Waals surface area contributed by atoms with Crippen molar-refractivity contribution >= 4 is 46.4 Å². The summed E-state index contributed by atoms with van der Waals surface area (Å²) in [5.41, 5.74) is 4.13. The fourth-order valence-corrected chi connectivity index (χ4v) is 2.44. The van der Waals surface area contributed by atoms with Crippen LogP contribution >= 0.6 is 11.6 Å². The van der Waals surface area contributed by atoms with Gasteiger partial charge in [-0.1, -0.05) is 17.7 Å². The maximum Gasteiger partial charge on any atom is 0.329 e. The van der Waals surface area contributed by atoms with E-state index in [1.165, 1.54) is 0 Å². The number of nitrogens with zero attached hydrogens (tertiary/aromatic N) is 1. The first-order valence-electron chi connectivity index (χ1n) is 8.63. The summed E-state index contributed by atoms with van der Waals surface area (Å²) in [6.45, 7) is 3.28. The van der Waals surface area contributed by atoms with Crippen molar-refractivity contribution in [3.05, 3.63) is 53.1 Å². The number of hydrazone groups is 1. The summed E-state index contributed by atoms with van der Waals surface area (Å²) in [6, 6.07) is 11.8. The van der Waals surface area contributed by atoms with Crippen LogP contribution in [0, 0.1) is 6.92 Å². The molecule has 8 nitrogen and oxygen atoms in total. The van der Waals surface area contributed by atoms with Gasteiger partial charge in [-0.2, -0.15) is 5.10 Å². The average Bonchev–Trinajstić information content (AvgIpc) is 2.70. The molecular weight excluding hydrogens is 396 g/mol. The lowest BCUT2D eigenvalue weighted by Gasteiger charge is -2.09. The molecule has 0 aliphatic heterocycles. The van der Waals surface area contributed by atoms with Gasteiger partial charge in [-0.05, 0) is 55.8 Å². The van der Waals surface area contributed by atoms with E-state index in [9.17, 15) is 14.4 Å². The second-order valence-electron chi connectivity index (χ2n) is 6.11. The van der Waals surface area contributed by atoms with Gasteiger partial charge in [-0.25, -0.2) is 5.43 Å². The van der Waals surface area contributed by atoms with Crippen molar-refractivity contribution in [1.29, 1.82) is 0 Å². The van der Waals surface area contributed by atoms with Gasteiger partial charge in [0.25, 0.3) is 0 Å². The number of nitrogens with one attached hydrogen (secondary N) is 3. The van der Waals surface area contributed by atoms with Gasteiger partial charge in [0.05, 0.1) is 13.5 Å². The van der Waals surface area contributed by atoms with E-state index < -0.39 is 11.8 Å². The first-order chi connectivity index (χ1) is 13.8. The third-order valence-electron chi connectivity index (χ3n) is 3.86. The zero-order chi connectivity index (χ0) is 21.4. The van der Waals surface area contributed by atoms with Crippen molar-refractivity contribution < 1.29 is 19.1 Å². The minimum absolute atomic E-state index is 0.0542. The van der Waals surface area contributed by atoms with Crippen LogP contribution in [0.15, 0.2) is 47.6 Å². The second kappa shape index (κ2) is 10.2. The number of carbonyl (C=O) groups is 3. The highest BCUT2D eigenvalue weighted by molar-refractivity contribution is 6.40. The Kier molecular flexibility index (Phi) is 7.73. The van der Waals surface area contributed by atoms with E-state index in [4.69, 9.17) is 16.3 Å². The summed E-state index contributed by atoms with van der Waals surface area (Å²) >= 11 is 5.98. The van der Waals surface area contributed by atoms with Crippen molar-refractivity contribution in [1.82, 2.24) is 5.43 Å². The van der Waals surface area contributed by atoms with Gasteiger partial charge >= 0.3 is 11.8 Å². The molecule has 3 amide bonds. The molecule has 0 spiro atoms. The highest BCUT2D eigenvalue weighted by Gasteiger charge is 2.15. The first-order valence-corrected chi connectivity index (χ1v) is 9.01. The Labute approximate surface area is 173 Å². The summed E-state index contributed by atoms with van der Waals surface area (Å²) in [6.07, 6.45) is -0.0542.